The van der Waals surface area contributed by atoms with Gasteiger partial charge in [0.25, 0.3) is 0 Å². The highest BCUT2D eigenvalue weighted by Gasteiger charge is 2.46. The number of rotatable bonds is 8. The SMILES string of the molecule is CCOC(=O)[C@@H](CC(=O)OC)[C@@H]1CC[C@@H](C(=O)OC(C)(C)C)N1Cc1ccccc1. The number of likely N-dealkylation sites (tertiary alicyclic amines) is 1. The fourth-order valence-electron chi connectivity index (χ4n) is 3.86. The quantitative estimate of drug-likeness (QED) is 0.473. The molecule has 1 aromatic carbocycles. The van der Waals surface area contributed by atoms with Gasteiger partial charge in [-0.05, 0) is 46.1 Å². The predicted octanol–water partition coefficient (Wildman–Crippen LogP) is 3.10. The van der Waals surface area contributed by atoms with E-state index in [1.807, 2.05) is 56.0 Å². The highest BCUT2D eigenvalue weighted by molar-refractivity contribution is 5.81. The number of benzene rings is 1. The number of hydrogen-bond donors (Lipinski definition) is 0. The van der Waals surface area contributed by atoms with Crippen LogP contribution in [-0.4, -0.2) is 54.2 Å². The summed E-state index contributed by atoms with van der Waals surface area (Å²) in [6.07, 6.45) is 1.03. The number of esters is 3. The molecule has 0 amide bonds. The summed E-state index contributed by atoms with van der Waals surface area (Å²) in [5.41, 5.74) is 0.402. The van der Waals surface area contributed by atoms with Crippen molar-refractivity contribution in [2.75, 3.05) is 13.7 Å². The molecule has 7 heteroatoms. The second-order valence-electron chi connectivity index (χ2n) is 8.49. The van der Waals surface area contributed by atoms with Gasteiger partial charge in [-0.15, -0.1) is 0 Å². The molecule has 0 saturated carbocycles. The van der Waals surface area contributed by atoms with Gasteiger partial charge >= 0.3 is 17.9 Å². The maximum atomic E-state index is 12.9. The maximum absolute atomic E-state index is 12.9. The Hall–Kier alpha value is -2.41. The molecule has 0 spiro atoms. The van der Waals surface area contributed by atoms with Gasteiger partial charge in [0.15, 0.2) is 0 Å². The number of methoxy groups -OCH3 is 1. The minimum absolute atomic E-state index is 0.0909. The topological polar surface area (TPSA) is 82.1 Å². The van der Waals surface area contributed by atoms with Gasteiger partial charge in [-0.2, -0.15) is 0 Å². The molecule has 0 radical (unpaired) electrons. The molecular weight excluding hydrogens is 386 g/mol. The molecule has 0 aliphatic carbocycles. The van der Waals surface area contributed by atoms with Crippen LogP contribution in [0.5, 0.6) is 0 Å². The van der Waals surface area contributed by atoms with Gasteiger partial charge in [-0.3, -0.25) is 19.3 Å². The van der Waals surface area contributed by atoms with Crippen LogP contribution in [0.1, 0.15) is 52.5 Å². The molecule has 3 atom stereocenters. The van der Waals surface area contributed by atoms with E-state index in [9.17, 15) is 14.4 Å². The second-order valence-corrected chi connectivity index (χ2v) is 8.49. The molecule has 2 rings (SSSR count). The molecule has 7 nitrogen and oxygen atoms in total. The molecule has 0 bridgehead atoms. The molecule has 166 valence electrons. The van der Waals surface area contributed by atoms with Crippen LogP contribution < -0.4 is 0 Å². The highest BCUT2D eigenvalue weighted by Crippen LogP contribution is 2.34. The highest BCUT2D eigenvalue weighted by atomic mass is 16.6. The first-order valence-corrected chi connectivity index (χ1v) is 10.4. The van der Waals surface area contributed by atoms with E-state index in [0.29, 0.717) is 19.4 Å². The number of hydrogen-bond acceptors (Lipinski definition) is 7. The van der Waals surface area contributed by atoms with Crippen molar-refractivity contribution in [1.29, 1.82) is 0 Å². The van der Waals surface area contributed by atoms with E-state index in [4.69, 9.17) is 14.2 Å². The van der Waals surface area contributed by atoms with Crippen molar-refractivity contribution in [3.8, 4) is 0 Å². The minimum atomic E-state index is -0.714. The first-order chi connectivity index (χ1) is 14.2. The molecule has 1 aromatic rings. The Morgan fingerprint density at radius 3 is 2.37 bits per heavy atom. The van der Waals surface area contributed by atoms with E-state index in [0.717, 1.165) is 5.56 Å². The Morgan fingerprint density at radius 1 is 1.13 bits per heavy atom. The van der Waals surface area contributed by atoms with Gasteiger partial charge < -0.3 is 14.2 Å². The lowest BCUT2D eigenvalue weighted by Gasteiger charge is -2.34. The van der Waals surface area contributed by atoms with E-state index in [-0.39, 0.29) is 25.0 Å². The zero-order valence-electron chi connectivity index (χ0n) is 18.6. The van der Waals surface area contributed by atoms with E-state index in [1.165, 1.54) is 7.11 Å². The summed E-state index contributed by atoms with van der Waals surface area (Å²) >= 11 is 0. The monoisotopic (exact) mass is 419 g/mol. The summed E-state index contributed by atoms with van der Waals surface area (Å²) in [6.45, 7) is 7.91. The molecule has 1 fully saturated rings. The van der Waals surface area contributed by atoms with Gasteiger partial charge in [0.05, 0.1) is 26.1 Å². The van der Waals surface area contributed by atoms with Crippen LogP contribution in [0.4, 0.5) is 0 Å². The lowest BCUT2D eigenvalue weighted by molar-refractivity contribution is -0.163. The Labute approximate surface area is 178 Å². The molecule has 0 unspecified atom stereocenters. The van der Waals surface area contributed by atoms with Crippen molar-refractivity contribution in [3.05, 3.63) is 35.9 Å². The van der Waals surface area contributed by atoms with Crippen molar-refractivity contribution in [2.45, 2.75) is 71.2 Å². The maximum Gasteiger partial charge on any atom is 0.323 e. The molecule has 1 aliphatic heterocycles. The largest absolute Gasteiger partial charge is 0.469 e. The van der Waals surface area contributed by atoms with Crippen molar-refractivity contribution < 1.29 is 28.6 Å². The van der Waals surface area contributed by atoms with Crippen LogP contribution in [-0.2, 0) is 35.1 Å². The Morgan fingerprint density at radius 2 is 1.80 bits per heavy atom. The molecule has 0 aromatic heterocycles. The van der Waals surface area contributed by atoms with E-state index in [1.54, 1.807) is 6.92 Å². The van der Waals surface area contributed by atoms with Crippen LogP contribution in [0, 0.1) is 5.92 Å². The van der Waals surface area contributed by atoms with Gasteiger partial charge in [-0.1, -0.05) is 30.3 Å². The molecule has 30 heavy (non-hydrogen) atoms. The average Bonchev–Trinajstić information content (AvgIpc) is 3.08. The summed E-state index contributed by atoms with van der Waals surface area (Å²) in [7, 11) is 1.30. The standard InChI is InChI=1S/C23H33NO6/c1-6-29-21(26)17(14-20(25)28-5)18-12-13-19(22(27)30-23(2,3)4)24(18)15-16-10-8-7-9-11-16/h7-11,17-19H,6,12-15H2,1-5H3/t17-,18-,19-/m0/s1. The minimum Gasteiger partial charge on any atom is -0.469 e. The van der Waals surface area contributed by atoms with Crippen molar-refractivity contribution >= 4 is 17.9 Å². The normalized spacial score (nSPS) is 20.4. The van der Waals surface area contributed by atoms with Crippen molar-refractivity contribution in [3.63, 3.8) is 0 Å². The van der Waals surface area contributed by atoms with Gasteiger partial charge in [-0.25, -0.2) is 0 Å². The Balaban J connectivity index is 2.34. The fraction of sp³-hybridized carbons (Fsp3) is 0.609. The smallest absolute Gasteiger partial charge is 0.323 e. The molecule has 1 aliphatic rings. The summed E-state index contributed by atoms with van der Waals surface area (Å²) in [5.74, 6) is -1.96. The zero-order valence-corrected chi connectivity index (χ0v) is 18.6. The Kier molecular flexibility index (Phi) is 8.41. The molecular formula is C23H33NO6. The molecule has 1 saturated heterocycles. The number of carbonyl (C=O) groups is 3. The fourth-order valence-corrected chi connectivity index (χ4v) is 3.86. The van der Waals surface area contributed by atoms with Crippen molar-refractivity contribution in [2.24, 2.45) is 5.92 Å². The van der Waals surface area contributed by atoms with Crippen molar-refractivity contribution in [1.82, 2.24) is 4.90 Å². The summed E-state index contributed by atoms with van der Waals surface area (Å²) in [4.78, 5) is 39.6. The van der Waals surface area contributed by atoms with Crippen LogP contribution >= 0.6 is 0 Å². The zero-order chi connectivity index (χ0) is 22.3. The van der Waals surface area contributed by atoms with Gasteiger partial charge in [0.2, 0.25) is 0 Å². The predicted molar refractivity (Wildman–Crippen MR) is 111 cm³/mol. The Bertz CT molecular complexity index is 727. The third-order valence-electron chi connectivity index (χ3n) is 5.12. The van der Waals surface area contributed by atoms with E-state index in [2.05, 4.69) is 0 Å². The van der Waals surface area contributed by atoms with Crippen LogP contribution in [0.3, 0.4) is 0 Å². The summed E-state index contributed by atoms with van der Waals surface area (Å²) in [6, 6.07) is 8.91. The van der Waals surface area contributed by atoms with Gasteiger partial charge in [0.1, 0.15) is 11.6 Å². The lowest BCUT2D eigenvalue weighted by atomic mass is 9.93. The lowest BCUT2D eigenvalue weighted by Crippen LogP contribution is -2.47. The summed E-state index contributed by atoms with van der Waals surface area (Å²) < 4.78 is 15.7. The number of carbonyl (C=O) groups excluding carboxylic acids is 3. The van der Waals surface area contributed by atoms with Crippen LogP contribution in [0.25, 0.3) is 0 Å². The second kappa shape index (κ2) is 10.6. The first-order valence-electron chi connectivity index (χ1n) is 10.4. The number of nitrogens with zero attached hydrogens (tertiary/aromatic N) is 1. The average molecular weight is 420 g/mol. The first kappa shape index (κ1) is 23.9. The van der Waals surface area contributed by atoms with Crippen LogP contribution in [0.15, 0.2) is 30.3 Å². The van der Waals surface area contributed by atoms with Gasteiger partial charge in [0, 0.05) is 12.6 Å². The van der Waals surface area contributed by atoms with E-state index < -0.39 is 29.5 Å². The molecule has 0 N–H and O–H groups in total. The van der Waals surface area contributed by atoms with E-state index >= 15 is 0 Å². The molecule has 1 heterocycles. The number of ether oxygens (including phenoxy) is 3. The summed E-state index contributed by atoms with van der Waals surface area (Å²) in [5, 5.41) is 0. The van der Waals surface area contributed by atoms with Crippen LogP contribution in [0.2, 0.25) is 0 Å². The third kappa shape index (κ3) is 6.55. The third-order valence-corrected chi connectivity index (χ3v) is 5.12.